The first-order valence-corrected chi connectivity index (χ1v) is 8.25. The Kier molecular flexibility index (Phi) is 4.52. The van der Waals surface area contributed by atoms with E-state index in [4.69, 9.17) is 9.72 Å². The van der Waals surface area contributed by atoms with E-state index >= 15 is 0 Å². The van der Waals surface area contributed by atoms with Crippen molar-refractivity contribution in [2.24, 2.45) is 0 Å². The average Bonchev–Trinajstić information content (AvgIpc) is 2.98. The van der Waals surface area contributed by atoms with Crippen LogP contribution in [0, 0.1) is 18.3 Å². The van der Waals surface area contributed by atoms with Crippen molar-refractivity contribution in [3.8, 4) is 23.1 Å². The largest absolute Gasteiger partial charge is 0.494 e. The van der Waals surface area contributed by atoms with Crippen LogP contribution in [0.15, 0.2) is 42.6 Å². The monoisotopic (exact) mass is 319 g/mol. The average molecular weight is 319 g/mol. The van der Waals surface area contributed by atoms with Crippen LogP contribution < -0.4 is 4.74 Å². The number of nitrogens with zero attached hydrogens (tertiary/aromatic N) is 3. The summed E-state index contributed by atoms with van der Waals surface area (Å²) in [6, 6.07) is 14.3. The van der Waals surface area contributed by atoms with Gasteiger partial charge in [0.2, 0.25) is 0 Å². The SMILES string of the molecule is CCCOc1ccc(-c2nc3ccc(C)cn3c2C(C)C#N)cc1. The molecule has 3 aromatic rings. The van der Waals surface area contributed by atoms with Crippen LogP contribution in [0.5, 0.6) is 5.75 Å². The smallest absolute Gasteiger partial charge is 0.137 e. The van der Waals surface area contributed by atoms with Crippen molar-refractivity contribution in [1.82, 2.24) is 9.38 Å². The van der Waals surface area contributed by atoms with Crippen LogP contribution in [0.25, 0.3) is 16.9 Å². The molecule has 0 spiro atoms. The first kappa shape index (κ1) is 16.1. The predicted molar refractivity (Wildman–Crippen MR) is 95.2 cm³/mol. The first-order chi connectivity index (χ1) is 11.6. The molecular formula is C20H21N3O. The van der Waals surface area contributed by atoms with Gasteiger partial charge in [0.25, 0.3) is 0 Å². The Morgan fingerprint density at radius 1 is 1.21 bits per heavy atom. The summed E-state index contributed by atoms with van der Waals surface area (Å²) in [5.74, 6) is 0.614. The number of aryl methyl sites for hydroxylation is 1. The van der Waals surface area contributed by atoms with Gasteiger partial charge in [-0.05, 0) is 56.2 Å². The molecule has 4 heteroatoms. The molecule has 0 aliphatic heterocycles. The Morgan fingerprint density at radius 2 is 1.96 bits per heavy atom. The van der Waals surface area contributed by atoms with E-state index in [0.717, 1.165) is 40.3 Å². The zero-order chi connectivity index (χ0) is 17.1. The highest BCUT2D eigenvalue weighted by atomic mass is 16.5. The number of ether oxygens (including phenoxy) is 1. The van der Waals surface area contributed by atoms with E-state index in [9.17, 15) is 5.26 Å². The second-order valence-electron chi connectivity index (χ2n) is 6.00. The molecule has 122 valence electrons. The normalized spacial score (nSPS) is 12.1. The number of benzene rings is 1. The van der Waals surface area contributed by atoms with Crippen molar-refractivity contribution in [2.75, 3.05) is 6.61 Å². The van der Waals surface area contributed by atoms with E-state index in [1.165, 1.54) is 0 Å². The van der Waals surface area contributed by atoms with Crippen molar-refractivity contribution in [2.45, 2.75) is 33.1 Å². The topological polar surface area (TPSA) is 50.3 Å². The highest BCUT2D eigenvalue weighted by Gasteiger charge is 2.19. The van der Waals surface area contributed by atoms with Gasteiger partial charge >= 0.3 is 0 Å². The lowest BCUT2D eigenvalue weighted by Gasteiger charge is -2.08. The summed E-state index contributed by atoms with van der Waals surface area (Å²) in [5.41, 5.74) is 4.78. The van der Waals surface area contributed by atoms with Gasteiger partial charge in [-0.15, -0.1) is 0 Å². The molecule has 2 heterocycles. The Morgan fingerprint density at radius 3 is 2.62 bits per heavy atom. The summed E-state index contributed by atoms with van der Waals surface area (Å²) in [7, 11) is 0. The van der Waals surface area contributed by atoms with Crippen LogP contribution in [-0.4, -0.2) is 16.0 Å². The predicted octanol–water partition coefficient (Wildman–Crippen LogP) is 4.73. The third kappa shape index (κ3) is 2.98. The summed E-state index contributed by atoms with van der Waals surface area (Å²) < 4.78 is 7.67. The number of imidazole rings is 1. The van der Waals surface area contributed by atoms with Crippen LogP contribution >= 0.6 is 0 Å². The minimum atomic E-state index is -0.243. The highest BCUT2D eigenvalue weighted by molar-refractivity contribution is 5.68. The van der Waals surface area contributed by atoms with Crippen molar-refractivity contribution in [3.05, 3.63) is 53.9 Å². The molecule has 24 heavy (non-hydrogen) atoms. The lowest BCUT2D eigenvalue weighted by atomic mass is 10.0. The summed E-state index contributed by atoms with van der Waals surface area (Å²) in [4.78, 5) is 4.76. The second kappa shape index (κ2) is 6.76. The van der Waals surface area contributed by atoms with E-state index in [0.29, 0.717) is 6.61 Å². The van der Waals surface area contributed by atoms with E-state index in [1.54, 1.807) is 0 Å². The summed E-state index contributed by atoms with van der Waals surface area (Å²) in [6.45, 7) is 6.75. The van der Waals surface area contributed by atoms with Crippen LogP contribution in [-0.2, 0) is 0 Å². The molecule has 0 radical (unpaired) electrons. The molecule has 4 nitrogen and oxygen atoms in total. The van der Waals surface area contributed by atoms with Gasteiger partial charge in [-0.25, -0.2) is 4.98 Å². The Hall–Kier alpha value is -2.80. The Bertz CT molecular complexity index is 888. The third-order valence-corrected chi connectivity index (χ3v) is 4.01. The fourth-order valence-electron chi connectivity index (χ4n) is 2.79. The molecule has 0 N–H and O–H groups in total. The molecule has 2 aromatic heterocycles. The summed E-state index contributed by atoms with van der Waals surface area (Å²) >= 11 is 0. The van der Waals surface area contributed by atoms with E-state index in [1.807, 2.05) is 60.8 Å². The molecule has 0 saturated carbocycles. The van der Waals surface area contributed by atoms with Crippen LogP contribution in [0.3, 0.4) is 0 Å². The van der Waals surface area contributed by atoms with Gasteiger partial charge < -0.3 is 9.14 Å². The van der Waals surface area contributed by atoms with Gasteiger partial charge in [-0.1, -0.05) is 13.0 Å². The van der Waals surface area contributed by atoms with Crippen molar-refractivity contribution in [3.63, 3.8) is 0 Å². The number of pyridine rings is 1. The van der Waals surface area contributed by atoms with Crippen molar-refractivity contribution < 1.29 is 4.74 Å². The van der Waals surface area contributed by atoms with Gasteiger partial charge in [0.15, 0.2) is 0 Å². The van der Waals surface area contributed by atoms with Gasteiger partial charge in [0.05, 0.1) is 30.0 Å². The minimum absolute atomic E-state index is 0.243. The number of rotatable bonds is 5. The van der Waals surface area contributed by atoms with E-state index in [2.05, 4.69) is 13.0 Å². The highest BCUT2D eigenvalue weighted by Crippen LogP contribution is 2.31. The zero-order valence-electron chi connectivity index (χ0n) is 14.3. The molecular weight excluding hydrogens is 298 g/mol. The van der Waals surface area contributed by atoms with Crippen LogP contribution in [0.2, 0.25) is 0 Å². The fourth-order valence-corrected chi connectivity index (χ4v) is 2.79. The molecule has 0 amide bonds. The quantitative estimate of drug-likeness (QED) is 0.683. The van der Waals surface area contributed by atoms with Gasteiger partial charge in [-0.2, -0.15) is 5.26 Å². The molecule has 0 bridgehead atoms. The molecule has 0 saturated heterocycles. The number of nitriles is 1. The number of fused-ring (bicyclic) bond motifs is 1. The maximum absolute atomic E-state index is 9.44. The van der Waals surface area contributed by atoms with Gasteiger partial charge in [0.1, 0.15) is 11.4 Å². The number of hydrogen-bond donors (Lipinski definition) is 0. The fraction of sp³-hybridized carbons (Fsp3) is 0.300. The first-order valence-electron chi connectivity index (χ1n) is 8.25. The standard InChI is InChI=1S/C20H21N3O/c1-4-11-24-17-8-6-16(7-9-17)19-20(15(3)12-21)23-13-14(2)5-10-18(23)22-19/h5-10,13,15H,4,11H2,1-3H3. The zero-order valence-corrected chi connectivity index (χ0v) is 14.3. The number of aromatic nitrogens is 2. The second-order valence-corrected chi connectivity index (χ2v) is 6.00. The minimum Gasteiger partial charge on any atom is -0.494 e. The van der Waals surface area contributed by atoms with Crippen molar-refractivity contribution in [1.29, 1.82) is 5.26 Å². The van der Waals surface area contributed by atoms with E-state index < -0.39 is 0 Å². The van der Waals surface area contributed by atoms with Gasteiger partial charge in [-0.3, -0.25) is 0 Å². The molecule has 0 aliphatic rings. The van der Waals surface area contributed by atoms with Crippen LogP contribution in [0.1, 0.15) is 37.4 Å². The molecule has 1 atom stereocenters. The maximum atomic E-state index is 9.44. The molecule has 0 fully saturated rings. The van der Waals surface area contributed by atoms with Crippen molar-refractivity contribution >= 4 is 5.65 Å². The van der Waals surface area contributed by atoms with E-state index in [-0.39, 0.29) is 5.92 Å². The summed E-state index contributed by atoms with van der Waals surface area (Å²) in [6.07, 6.45) is 3.02. The molecule has 1 aromatic carbocycles. The maximum Gasteiger partial charge on any atom is 0.137 e. The molecule has 1 unspecified atom stereocenters. The lowest BCUT2D eigenvalue weighted by Crippen LogP contribution is -1.99. The molecule has 3 rings (SSSR count). The Labute approximate surface area is 142 Å². The lowest BCUT2D eigenvalue weighted by molar-refractivity contribution is 0.317. The molecule has 0 aliphatic carbocycles. The third-order valence-electron chi connectivity index (χ3n) is 4.01. The Balaban J connectivity index is 2.10. The number of hydrogen-bond acceptors (Lipinski definition) is 3. The van der Waals surface area contributed by atoms with Gasteiger partial charge in [0, 0.05) is 11.8 Å². The summed E-state index contributed by atoms with van der Waals surface area (Å²) in [5, 5.41) is 9.44. The van der Waals surface area contributed by atoms with Crippen LogP contribution in [0.4, 0.5) is 0 Å².